The molecule has 0 radical (unpaired) electrons. The lowest BCUT2D eigenvalue weighted by Crippen LogP contribution is -2.36. The average Bonchev–Trinajstić information content (AvgIpc) is 2.74. The second-order valence-corrected chi connectivity index (χ2v) is 9.41. The second-order valence-electron chi connectivity index (χ2n) is 7.04. The van der Waals surface area contributed by atoms with Gasteiger partial charge in [0.2, 0.25) is 10.0 Å². The lowest BCUT2D eigenvalue weighted by Gasteiger charge is -2.25. The quantitative estimate of drug-likeness (QED) is 0.719. The van der Waals surface area contributed by atoms with E-state index in [-0.39, 0.29) is 17.3 Å². The van der Waals surface area contributed by atoms with Crippen molar-refractivity contribution in [2.45, 2.75) is 43.7 Å². The van der Waals surface area contributed by atoms with Crippen molar-refractivity contribution < 1.29 is 17.9 Å². The molecular weight excluding hydrogens is 412 g/mol. The first-order chi connectivity index (χ1) is 13.9. The van der Waals surface area contributed by atoms with Gasteiger partial charge in [-0.05, 0) is 61.7 Å². The summed E-state index contributed by atoms with van der Waals surface area (Å²) in [7, 11) is -3.44. The summed E-state index contributed by atoms with van der Waals surface area (Å²) >= 11 is 5.84. The molecular formula is C21H25ClN2O4S. The van der Waals surface area contributed by atoms with Gasteiger partial charge in [0.05, 0.1) is 4.90 Å². The van der Waals surface area contributed by atoms with E-state index in [0.717, 1.165) is 24.8 Å². The number of nitrogens with one attached hydrogen (secondary N) is 1. The SMILES string of the molecule is C[C@@H](Oc1ccc(Cl)cc1)C(=O)NCc1ccc(S(=O)(=O)N2CCCCC2)cc1. The number of halogens is 1. The monoisotopic (exact) mass is 436 g/mol. The molecule has 8 heteroatoms. The molecule has 0 saturated carbocycles. The van der Waals surface area contributed by atoms with Crippen LogP contribution in [-0.4, -0.2) is 37.8 Å². The Morgan fingerprint density at radius 1 is 1.07 bits per heavy atom. The fraction of sp³-hybridized carbons (Fsp3) is 0.381. The number of hydrogen-bond acceptors (Lipinski definition) is 4. The number of hydrogen-bond donors (Lipinski definition) is 1. The Labute approximate surface area is 176 Å². The van der Waals surface area contributed by atoms with Crippen molar-refractivity contribution in [3.63, 3.8) is 0 Å². The number of ether oxygens (including phenoxy) is 1. The van der Waals surface area contributed by atoms with Gasteiger partial charge in [0.25, 0.3) is 5.91 Å². The Kier molecular flexibility index (Phi) is 7.16. The minimum atomic E-state index is -3.44. The molecule has 6 nitrogen and oxygen atoms in total. The summed E-state index contributed by atoms with van der Waals surface area (Å²) in [6.45, 7) is 3.10. The van der Waals surface area contributed by atoms with Crippen molar-refractivity contribution in [3.8, 4) is 5.75 Å². The van der Waals surface area contributed by atoms with Gasteiger partial charge >= 0.3 is 0 Å². The molecule has 1 amide bonds. The van der Waals surface area contributed by atoms with Crippen molar-refractivity contribution >= 4 is 27.5 Å². The molecule has 1 atom stereocenters. The van der Waals surface area contributed by atoms with Crippen LogP contribution < -0.4 is 10.1 Å². The highest BCUT2D eigenvalue weighted by molar-refractivity contribution is 7.89. The van der Waals surface area contributed by atoms with Crippen LogP contribution in [0.1, 0.15) is 31.7 Å². The molecule has 0 bridgehead atoms. The van der Waals surface area contributed by atoms with Gasteiger partial charge in [-0.1, -0.05) is 30.2 Å². The zero-order chi connectivity index (χ0) is 20.9. The minimum Gasteiger partial charge on any atom is -0.481 e. The van der Waals surface area contributed by atoms with E-state index in [0.29, 0.717) is 23.9 Å². The number of nitrogens with zero attached hydrogens (tertiary/aromatic N) is 1. The molecule has 156 valence electrons. The van der Waals surface area contributed by atoms with Crippen LogP contribution in [-0.2, 0) is 21.4 Å². The lowest BCUT2D eigenvalue weighted by atomic mass is 10.2. The molecule has 3 rings (SSSR count). The standard InChI is InChI=1S/C21H25ClN2O4S/c1-16(28-19-9-7-18(22)8-10-19)21(25)23-15-17-5-11-20(12-6-17)29(26,27)24-13-3-2-4-14-24/h5-12,16H,2-4,13-15H2,1H3,(H,23,25)/t16-/m1/s1. The molecule has 1 heterocycles. The summed E-state index contributed by atoms with van der Waals surface area (Å²) in [5.74, 6) is 0.300. The Balaban J connectivity index is 1.54. The first kappa shape index (κ1) is 21.6. The molecule has 1 fully saturated rings. The predicted molar refractivity (Wildman–Crippen MR) is 112 cm³/mol. The molecule has 1 aliphatic rings. The first-order valence-electron chi connectivity index (χ1n) is 9.65. The van der Waals surface area contributed by atoms with E-state index in [2.05, 4.69) is 5.32 Å². The molecule has 0 unspecified atom stereocenters. The van der Waals surface area contributed by atoms with Gasteiger partial charge in [-0.2, -0.15) is 4.31 Å². The smallest absolute Gasteiger partial charge is 0.261 e. The predicted octanol–water partition coefficient (Wildman–Crippen LogP) is 3.60. The normalized spacial score (nSPS) is 16.2. The van der Waals surface area contributed by atoms with Gasteiger partial charge in [-0.3, -0.25) is 4.79 Å². The Morgan fingerprint density at radius 3 is 2.31 bits per heavy atom. The van der Waals surface area contributed by atoms with Gasteiger partial charge in [0, 0.05) is 24.7 Å². The van der Waals surface area contributed by atoms with E-state index in [1.807, 2.05) is 0 Å². The van der Waals surface area contributed by atoms with Crippen LogP contribution in [0.4, 0.5) is 0 Å². The average molecular weight is 437 g/mol. The van der Waals surface area contributed by atoms with Crippen molar-refractivity contribution in [1.82, 2.24) is 9.62 Å². The van der Waals surface area contributed by atoms with E-state index in [1.54, 1.807) is 59.8 Å². The summed E-state index contributed by atoms with van der Waals surface area (Å²) in [4.78, 5) is 12.5. The number of piperidine rings is 1. The maximum Gasteiger partial charge on any atom is 0.261 e. The highest BCUT2D eigenvalue weighted by Gasteiger charge is 2.25. The zero-order valence-corrected chi connectivity index (χ0v) is 17.9. The van der Waals surface area contributed by atoms with Crippen LogP contribution in [0.5, 0.6) is 5.75 Å². The number of sulfonamides is 1. The highest BCUT2D eigenvalue weighted by atomic mass is 35.5. The van der Waals surface area contributed by atoms with Crippen LogP contribution in [0.3, 0.4) is 0 Å². The highest BCUT2D eigenvalue weighted by Crippen LogP contribution is 2.21. The molecule has 0 spiro atoms. The Bertz CT molecular complexity index is 924. The van der Waals surface area contributed by atoms with Gasteiger partial charge in [0.15, 0.2) is 6.10 Å². The summed E-state index contributed by atoms with van der Waals surface area (Å²) < 4.78 is 32.5. The second kappa shape index (κ2) is 9.61. The largest absolute Gasteiger partial charge is 0.481 e. The van der Waals surface area contributed by atoms with E-state index in [4.69, 9.17) is 16.3 Å². The van der Waals surface area contributed by atoms with Crippen LogP contribution in [0.15, 0.2) is 53.4 Å². The van der Waals surface area contributed by atoms with E-state index >= 15 is 0 Å². The minimum absolute atomic E-state index is 0.259. The van der Waals surface area contributed by atoms with Crippen molar-refractivity contribution in [1.29, 1.82) is 0 Å². The zero-order valence-electron chi connectivity index (χ0n) is 16.3. The summed E-state index contributed by atoms with van der Waals surface area (Å²) in [5.41, 5.74) is 0.814. The van der Waals surface area contributed by atoms with Crippen molar-refractivity contribution in [2.75, 3.05) is 13.1 Å². The number of carbonyl (C=O) groups excluding carboxylic acids is 1. The molecule has 1 aliphatic heterocycles. The van der Waals surface area contributed by atoms with Crippen LogP contribution in [0.2, 0.25) is 5.02 Å². The molecule has 29 heavy (non-hydrogen) atoms. The van der Waals surface area contributed by atoms with E-state index < -0.39 is 16.1 Å². The van der Waals surface area contributed by atoms with Gasteiger partial charge in [-0.25, -0.2) is 8.42 Å². The number of rotatable bonds is 7. The van der Waals surface area contributed by atoms with Gasteiger partial charge in [0.1, 0.15) is 5.75 Å². The summed E-state index contributed by atoms with van der Waals surface area (Å²) in [6.07, 6.45) is 2.21. The fourth-order valence-corrected chi connectivity index (χ4v) is 4.78. The van der Waals surface area contributed by atoms with E-state index in [1.165, 1.54) is 0 Å². The third kappa shape index (κ3) is 5.72. The number of carbonyl (C=O) groups is 1. The molecule has 0 aromatic heterocycles. The molecule has 1 saturated heterocycles. The Morgan fingerprint density at radius 2 is 1.69 bits per heavy atom. The van der Waals surface area contributed by atoms with Crippen LogP contribution in [0, 0.1) is 0 Å². The summed E-state index contributed by atoms with van der Waals surface area (Å²) in [5, 5.41) is 3.40. The topological polar surface area (TPSA) is 75.7 Å². The molecule has 1 N–H and O–H groups in total. The first-order valence-corrected chi connectivity index (χ1v) is 11.5. The maximum absolute atomic E-state index is 12.7. The third-order valence-electron chi connectivity index (χ3n) is 4.84. The fourth-order valence-electron chi connectivity index (χ4n) is 3.14. The van der Waals surface area contributed by atoms with E-state index in [9.17, 15) is 13.2 Å². The maximum atomic E-state index is 12.7. The van der Waals surface area contributed by atoms with Crippen LogP contribution in [0.25, 0.3) is 0 Å². The Hall–Kier alpha value is -2.09. The van der Waals surface area contributed by atoms with Crippen molar-refractivity contribution in [2.24, 2.45) is 0 Å². The summed E-state index contributed by atoms with van der Waals surface area (Å²) in [6, 6.07) is 13.4. The lowest BCUT2D eigenvalue weighted by molar-refractivity contribution is -0.127. The third-order valence-corrected chi connectivity index (χ3v) is 7.00. The van der Waals surface area contributed by atoms with Crippen LogP contribution >= 0.6 is 11.6 Å². The van der Waals surface area contributed by atoms with Gasteiger partial charge < -0.3 is 10.1 Å². The molecule has 2 aromatic carbocycles. The number of benzene rings is 2. The van der Waals surface area contributed by atoms with Crippen molar-refractivity contribution in [3.05, 3.63) is 59.1 Å². The number of amides is 1. The molecule has 0 aliphatic carbocycles. The molecule has 2 aromatic rings. The van der Waals surface area contributed by atoms with Gasteiger partial charge in [-0.15, -0.1) is 0 Å².